The molecule has 8 heteroatoms. The van der Waals surface area contributed by atoms with Crippen molar-refractivity contribution in [3.05, 3.63) is 41.3 Å². The first kappa shape index (κ1) is 21.2. The molecule has 1 aromatic carbocycles. The van der Waals surface area contributed by atoms with Gasteiger partial charge in [-0.15, -0.1) is 0 Å². The zero-order valence-electron chi connectivity index (χ0n) is 17.1. The SMILES string of the molecule is Cc1[nH]c(C2CCN(C(=O)OC(C)(C)C)CC2)nc1-c1ccc(C(F)(F)F)cc1. The van der Waals surface area contributed by atoms with Crippen LogP contribution in [0.5, 0.6) is 0 Å². The number of halogens is 3. The van der Waals surface area contributed by atoms with E-state index in [4.69, 9.17) is 4.74 Å². The normalized spacial score (nSPS) is 16.2. The summed E-state index contributed by atoms with van der Waals surface area (Å²) in [7, 11) is 0. The fourth-order valence-electron chi connectivity index (χ4n) is 3.44. The molecule has 1 aliphatic heterocycles. The van der Waals surface area contributed by atoms with E-state index in [9.17, 15) is 18.0 Å². The van der Waals surface area contributed by atoms with Crippen LogP contribution in [-0.2, 0) is 10.9 Å². The van der Waals surface area contributed by atoms with E-state index in [1.54, 1.807) is 4.90 Å². The summed E-state index contributed by atoms with van der Waals surface area (Å²) in [6.45, 7) is 8.54. The van der Waals surface area contributed by atoms with Gasteiger partial charge in [-0.05, 0) is 52.7 Å². The molecule has 5 nitrogen and oxygen atoms in total. The van der Waals surface area contributed by atoms with Crippen molar-refractivity contribution in [1.29, 1.82) is 0 Å². The molecule has 1 N–H and O–H groups in total. The van der Waals surface area contributed by atoms with Crippen LogP contribution in [0, 0.1) is 6.92 Å². The Balaban J connectivity index is 1.68. The van der Waals surface area contributed by atoms with E-state index >= 15 is 0 Å². The van der Waals surface area contributed by atoms with Crippen molar-refractivity contribution in [3.8, 4) is 11.3 Å². The van der Waals surface area contributed by atoms with Gasteiger partial charge in [0.05, 0.1) is 11.3 Å². The fourth-order valence-corrected chi connectivity index (χ4v) is 3.44. The van der Waals surface area contributed by atoms with E-state index in [0.29, 0.717) is 24.3 Å². The van der Waals surface area contributed by atoms with E-state index in [1.807, 2.05) is 27.7 Å². The largest absolute Gasteiger partial charge is 0.444 e. The molecule has 0 atom stereocenters. The third kappa shape index (κ3) is 5.10. The second kappa shape index (κ2) is 7.72. The number of carbonyl (C=O) groups is 1. The second-order valence-electron chi connectivity index (χ2n) is 8.41. The first-order chi connectivity index (χ1) is 13.4. The van der Waals surface area contributed by atoms with E-state index in [0.717, 1.165) is 36.5 Å². The Kier molecular flexibility index (Phi) is 5.65. The van der Waals surface area contributed by atoms with E-state index in [-0.39, 0.29) is 12.0 Å². The highest BCUT2D eigenvalue weighted by Gasteiger charge is 2.31. The number of H-pyrrole nitrogens is 1. The molecule has 0 bridgehead atoms. The van der Waals surface area contributed by atoms with E-state index in [1.165, 1.54) is 12.1 Å². The molecule has 0 saturated carbocycles. The summed E-state index contributed by atoms with van der Waals surface area (Å²) < 4.78 is 43.7. The molecule has 3 rings (SSSR count). The molecule has 0 unspecified atom stereocenters. The number of hydrogen-bond donors (Lipinski definition) is 1. The first-order valence-corrected chi connectivity index (χ1v) is 9.66. The maximum atomic E-state index is 12.8. The molecule has 0 spiro atoms. The predicted molar refractivity (Wildman–Crippen MR) is 104 cm³/mol. The number of aryl methyl sites for hydroxylation is 1. The number of rotatable bonds is 2. The van der Waals surface area contributed by atoms with Crippen LogP contribution in [0.1, 0.15) is 56.6 Å². The molecular formula is C21H26F3N3O2. The summed E-state index contributed by atoms with van der Waals surface area (Å²) in [6, 6.07) is 5.03. The Hall–Kier alpha value is -2.51. The van der Waals surface area contributed by atoms with Gasteiger partial charge in [0.25, 0.3) is 0 Å². The van der Waals surface area contributed by atoms with Crippen molar-refractivity contribution in [2.45, 2.75) is 58.2 Å². The molecule has 158 valence electrons. The van der Waals surface area contributed by atoms with Crippen LogP contribution in [-0.4, -0.2) is 39.7 Å². The van der Waals surface area contributed by atoms with Crippen molar-refractivity contribution in [1.82, 2.24) is 14.9 Å². The number of imidazole rings is 1. The van der Waals surface area contributed by atoms with Crippen LogP contribution < -0.4 is 0 Å². The summed E-state index contributed by atoms with van der Waals surface area (Å²) in [4.78, 5) is 21.8. The highest BCUT2D eigenvalue weighted by atomic mass is 19.4. The standard InChI is InChI=1S/C21H26F3N3O2/c1-13-17(14-5-7-16(8-6-14)21(22,23)24)26-18(25-13)15-9-11-27(12-10-15)19(28)29-20(2,3)4/h5-8,15H,9-12H2,1-4H3,(H,25,26). The number of aromatic amines is 1. The Morgan fingerprint density at radius 1 is 1.14 bits per heavy atom. The van der Waals surface area contributed by atoms with Gasteiger partial charge in [0.15, 0.2) is 0 Å². The Morgan fingerprint density at radius 2 is 1.72 bits per heavy atom. The minimum absolute atomic E-state index is 0.163. The number of piperidine rings is 1. The maximum Gasteiger partial charge on any atom is 0.416 e. The summed E-state index contributed by atoms with van der Waals surface area (Å²) in [5.41, 5.74) is 0.911. The van der Waals surface area contributed by atoms with Gasteiger partial charge < -0.3 is 14.6 Å². The lowest BCUT2D eigenvalue weighted by molar-refractivity contribution is -0.137. The lowest BCUT2D eigenvalue weighted by Gasteiger charge is -2.32. The third-order valence-corrected chi connectivity index (χ3v) is 4.92. The van der Waals surface area contributed by atoms with Crippen LogP contribution in [0.25, 0.3) is 11.3 Å². The van der Waals surface area contributed by atoms with Crippen LogP contribution in [0.15, 0.2) is 24.3 Å². The monoisotopic (exact) mass is 409 g/mol. The van der Waals surface area contributed by atoms with Gasteiger partial charge >= 0.3 is 12.3 Å². The molecule has 1 aromatic heterocycles. The summed E-state index contributed by atoms with van der Waals surface area (Å²) in [5, 5.41) is 0. The van der Waals surface area contributed by atoms with Gasteiger partial charge in [-0.25, -0.2) is 9.78 Å². The quantitative estimate of drug-likeness (QED) is 0.711. The highest BCUT2D eigenvalue weighted by Crippen LogP contribution is 2.33. The molecule has 2 aromatic rings. The molecule has 1 saturated heterocycles. The molecule has 1 fully saturated rings. The number of hydrogen-bond acceptors (Lipinski definition) is 3. The molecular weight excluding hydrogens is 383 g/mol. The van der Waals surface area contributed by atoms with Crippen molar-refractivity contribution in [2.75, 3.05) is 13.1 Å². The van der Waals surface area contributed by atoms with Crippen molar-refractivity contribution >= 4 is 6.09 Å². The van der Waals surface area contributed by atoms with Gasteiger partial charge in [-0.1, -0.05) is 12.1 Å². The number of carbonyl (C=O) groups excluding carboxylic acids is 1. The number of likely N-dealkylation sites (tertiary alicyclic amines) is 1. The molecule has 29 heavy (non-hydrogen) atoms. The zero-order chi connectivity index (χ0) is 21.4. The van der Waals surface area contributed by atoms with Crippen molar-refractivity contribution < 1.29 is 22.7 Å². The van der Waals surface area contributed by atoms with Crippen molar-refractivity contribution in [2.24, 2.45) is 0 Å². The highest BCUT2D eigenvalue weighted by molar-refractivity contribution is 5.68. The average molecular weight is 409 g/mol. The molecule has 2 heterocycles. The smallest absolute Gasteiger partial charge is 0.416 e. The summed E-state index contributed by atoms with van der Waals surface area (Å²) in [6.07, 6.45) is -3.17. The number of nitrogens with one attached hydrogen (secondary N) is 1. The molecule has 1 aliphatic rings. The van der Waals surface area contributed by atoms with Crippen molar-refractivity contribution in [3.63, 3.8) is 0 Å². The van der Waals surface area contributed by atoms with E-state index < -0.39 is 17.3 Å². The second-order valence-corrected chi connectivity index (χ2v) is 8.41. The third-order valence-electron chi connectivity index (χ3n) is 4.92. The summed E-state index contributed by atoms with van der Waals surface area (Å²) >= 11 is 0. The van der Waals surface area contributed by atoms with Crippen LogP contribution in [0.3, 0.4) is 0 Å². The molecule has 0 aliphatic carbocycles. The number of benzene rings is 1. The minimum Gasteiger partial charge on any atom is -0.444 e. The van der Waals surface area contributed by atoms with Crippen LogP contribution in [0.4, 0.5) is 18.0 Å². The maximum absolute atomic E-state index is 12.8. The number of ether oxygens (including phenoxy) is 1. The number of amides is 1. The molecule has 0 radical (unpaired) electrons. The topological polar surface area (TPSA) is 58.2 Å². The van der Waals surface area contributed by atoms with Crippen LogP contribution >= 0.6 is 0 Å². The van der Waals surface area contributed by atoms with E-state index in [2.05, 4.69) is 9.97 Å². The predicted octanol–water partition coefficient (Wildman–Crippen LogP) is 5.52. The lowest BCUT2D eigenvalue weighted by Crippen LogP contribution is -2.41. The first-order valence-electron chi connectivity index (χ1n) is 9.66. The lowest BCUT2D eigenvalue weighted by atomic mass is 9.96. The minimum atomic E-state index is -4.35. The zero-order valence-corrected chi connectivity index (χ0v) is 17.1. The summed E-state index contributed by atoms with van der Waals surface area (Å²) in [5.74, 6) is 0.969. The van der Waals surface area contributed by atoms with Gasteiger partial charge in [0.2, 0.25) is 0 Å². The molecule has 1 amide bonds. The Labute approximate surface area is 168 Å². The average Bonchev–Trinajstić information content (AvgIpc) is 3.01. The van der Waals surface area contributed by atoms with Gasteiger partial charge in [-0.3, -0.25) is 0 Å². The fraction of sp³-hybridized carbons (Fsp3) is 0.524. The van der Waals surface area contributed by atoms with Gasteiger partial charge in [0, 0.05) is 30.3 Å². The number of aromatic nitrogens is 2. The number of nitrogens with zero attached hydrogens (tertiary/aromatic N) is 2. The number of alkyl halides is 3. The Bertz CT molecular complexity index is 859. The van der Waals surface area contributed by atoms with Crippen LogP contribution in [0.2, 0.25) is 0 Å². The van der Waals surface area contributed by atoms with Gasteiger partial charge in [0.1, 0.15) is 11.4 Å². The Morgan fingerprint density at radius 3 is 2.24 bits per heavy atom. The van der Waals surface area contributed by atoms with Gasteiger partial charge in [-0.2, -0.15) is 13.2 Å².